The fraction of sp³-hybridized carbons (Fsp3) is 0.250. The molecule has 0 amide bonds. The lowest BCUT2D eigenvalue weighted by atomic mass is 10.0. The summed E-state index contributed by atoms with van der Waals surface area (Å²) in [5.41, 5.74) is 1.70. The van der Waals surface area contributed by atoms with Gasteiger partial charge >= 0.3 is 0 Å². The average Bonchev–Trinajstić information content (AvgIpc) is 2.43. The van der Waals surface area contributed by atoms with Gasteiger partial charge in [0.15, 0.2) is 0 Å². The standard InChI is InChI=1S/C16H16ClFO/c17-16-13(9-5-10-14(16)18)15(19)11-4-8-12-6-2-1-3-7-12/h1-3,5-7,9-10,15,19H,4,8,11H2. The second-order valence-electron chi connectivity index (χ2n) is 4.54. The number of halogens is 2. The van der Waals surface area contributed by atoms with E-state index in [2.05, 4.69) is 12.1 Å². The molecule has 3 heteroatoms. The van der Waals surface area contributed by atoms with Crippen molar-refractivity contribution in [1.82, 2.24) is 0 Å². The highest BCUT2D eigenvalue weighted by Crippen LogP contribution is 2.28. The van der Waals surface area contributed by atoms with Crippen molar-refractivity contribution in [2.75, 3.05) is 0 Å². The summed E-state index contributed by atoms with van der Waals surface area (Å²) in [6.45, 7) is 0. The summed E-state index contributed by atoms with van der Waals surface area (Å²) in [5.74, 6) is -0.485. The molecule has 0 saturated carbocycles. The first-order chi connectivity index (χ1) is 9.18. The predicted molar refractivity (Wildman–Crippen MR) is 75.7 cm³/mol. The van der Waals surface area contributed by atoms with Crippen molar-refractivity contribution in [3.63, 3.8) is 0 Å². The minimum absolute atomic E-state index is 0.0229. The Morgan fingerprint density at radius 3 is 2.53 bits per heavy atom. The van der Waals surface area contributed by atoms with Crippen LogP contribution in [0.4, 0.5) is 4.39 Å². The molecule has 0 aliphatic rings. The molecule has 0 saturated heterocycles. The topological polar surface area (TPSA) is 20.2 Å². The Morgan fingerprint density at radius 2 is 1.79 bits per heavy atom. The van der Waals surface area contributed by atoms with E-state index in [1.807, 2.05) is 18.2 Å². The molecule has 1 atom stereocenters. The van der Waals surface area contributed by atoms with Crippen molar-refractivity contribution >= 4 is 11.6 Å². The molecule has 0 fully saturated rings. The lowest BCUT2D eigenvalue weighted by Crippen LogP contribution is -2.00. The highest BCUT2D eigenvalue weighted by Gasteiger charge is 2.13. The van der Waals surface area contributed by atoms with Crippen molar-refractivity contribution in [2.24, 2.45) is 0 Å². The van der Waals surface area contributed by atoms with Gasteiger partial charge in [0.1, 0.15) is 5.82 Å². The first-order valence-corrected chi connectivity index (χ1v) is 6.72. The van der Waals surface area contributed by atoms with E-state index in [0.29, 0.717) is 12.0 Å². The number of rotatable bonds is 5. The van der Waals surface area contributed by atoms with E-state index in [4.69, 9.17) is 11.6 Å². The van der Waals surface area contributed by atoms with E-state index in [1.54, 1.807) is 12.1 Å². The largest absolute Gasteiger partial charge is 0.388 e. The van der Waals surface area contributed by atoms with Crippen LogP contribution in [0, 0.1) is 5.82 Å². The Morgan fingerprint density at radius 1 is 1.05 bits per heavy atom. The summed E-state index contributed by atoms with van der Waals surface area (Å²) in [5, 5.41) is 10.1. The van der Waals surface area contributed by atoms with Gasteiger partial charge in [-0.05, 0) is 30.9 Å². The average molecular weight is 279 g/mol. The second kappa shape index (κ2) is 6.69. The Kier molecular flexibility index (Phi) is 4.94. The van der Waals surface area contributed by atoms with Gasteiger partial charge in [0.2, 0.25) is 0 Å². The summed E-state index contributed by atoms with van der Waals surface area (Å²) in [7, 11) is 0. The zero-order chi connectivity index (χ0) is 13.7. The van der Waals surface area contributed by atoms with Crippen LogP contribution in [0.1, 0.15) is 30.1 Å². The maximum absolute atomic E-state index is 13.3. The lowest BCUT2D eigenvalue weighted by molar-refractivity contribution is 0.164. The summed E-state index contributed by atoms with van der Waals surface area (Å²) in [4.78, 5) is 0. The molecule has 1 unspecified atom stereocenters. The van der Waals surface area contributed by atoms with Gasteiger partial charge < -0.3 is 5.11 Å². The fourth-order valence-corrected chi connectivity index (χ4v) is 2.33. The maximum atomic E-state index is 13.3. The van der Waals surface area contributed by atoms with Crippen LogP contribution in [0.15, 0.2) is 48.5 Å². The maximum Gasteiger partial charge on any atom is 0.142 e. The molecule has 2 aromatic rings. The third kappa shape index (κ3) is 3.79. The monoisotopic (exact) mass is 278 g/mol. The van der Waals surface area contributed by atoms with Crippen LogP contribution < -0.4 is 0 Å². The zero-order valence-electron chi connectivity index (χ0n) is 10.5. The second-order valence-corrected chi connectivity index (χ2v) is 4.91. The summed E-state index contributed by atoms with van der Waals surface area (Å²) in [6.07, 6.45) is 1.58. The molecule has 0 radical (unpaired) electrons. The highest BCUT2D eigenvalue weighted by molar-refractivity contribution is 6.31. The Hall–Kier alpha value is -1.38. The van der Waals surface area contributed by atoms with Crippen LogP contribution in [0.3, 0.4) is 0 Å². The molecule has 0 spiro atoms. The smallest absolute Gasteiger partial charge is 0.142 e. The van der Waals surface area contributed by atoms with Crippen LogP contribution in [0.5, 0.6) is 0 Å². The molecular weight excluding hydrogens is 263 g/mol. The minimum atomic E-state index is -0.716. The van der Waals surface area contributed by atoms with E-state index in [9.17, 15) is 9.50 Å². The normalized spacial score (nSPS) is 12.4. The number of benzene rings is 2. The molecule has 100 valence electrons. The summed E-state index contributed by atoms with van der Waals surface area (Å²) >= 11 is 5.85. The summed E-state index contributed by atoms with van der Waals surface area (Å²) in [6, 6.07) is 14.6. The van der Waals surface area contributed by atoms with Crippen molar-refractivity contribution in [1.29, 1.82) is 0 Å². The van der Waals surface area contributed by atoms with Gasteiger partial charge in [-0.15, -0.1) is 0 Å². The number of hydrogen-bond acceptors (Lipinski definition) is 1. The van der Waals surface area contributed by atoms with Gasteiger partial charge in [-0.25, -0.2) is 4.39 Å². The van der Waals surface area contributed by atoms with Crippen LogP contribution >= 0.6 is 11.6 Å². The third-order valence-electron chi connectivity index (χ3n) is 3.13. The van der Waals surface area contributed by atoms with Crippen LogP contribution in [-0.2, 0) is 6.42 Å². The number of hydrogen-bond donors (Lipinski definition) is 1. The molecule has 0 bridgehead atoms. The molecule has 1 N–H and O–H groups in total. The highest BCUT2D eigenvalue weighted by atomic mass is 35.5. The van der Waals surface area contributed by atoms with E-state index < -0.39 is 11.9 Å². The third-order valence-corrected chi connectivity index (χ3v) is 3.53. The Balaban J connectivity index is 1.91. The van der Waals surface area contributed by atoms with Gasteiger partial charge in [0, 0.05) is 5.56 Å². The first kappa shape index (κ1) is 14.0. The first-order valence-electron chi connectivity index (χ1n) is 6.34. The number of aliphatic hydroxyl groups is 1. The van der Waals surface area contributed by atoms with E-state index in [-0.39, 0.29) is 5.02 Å². The van der Waals surface area contributed by atoms with Gasteiger partial charge in [-0.1, -0.05) is 54.1 Å². The number of aryl methyl sites for hydroxylation is 1. The minimum Gasteiger partial charge on any atom is -0.388 e. The van der Waals surface area contributed by atoms with Crippen molar-refractivity contribution in [3.05, 3.63) is 70.5 Å². The predicted octanol–water partition coefficient (Wildman–Crippen LogP) is 4.54. The van der Waals surface area contributed by atoms with Crippen LogP contribution in [0.25, 0.3) is 0 Å². The SMILES string of the molecule is OC(CCCc1ccccc1)c1cccc(F)c1Cl. The summed E-state index contributed by atoms with van der Waals surface area (Å²) < 4.78 is 13.3. The molecule has 0 aliphatic carbocycles. The molecule has 2 rings (SSSR count). The van der Waals surface area contributed by atoms with Gasteiger partial charge in [-0.3, -0.25) is 0 Å². The van der Waals surface area contributed by atoms with Crippen LogP contribution in [-0.4, -0.2) is 5.11 Å². The van der Waals surface area contributed by atoms with E-state index in [0.717, 1.165) is 12.8 Å². The van der Waals surface area contributed by atoms with Gasteiger partial charge in [0.25, 0.3) is 0 Å². The molecule has 0 aromatic heterocycles. The lowest BCUT2D eigenvalue weighted by Gasteiger charge is -2.13. The Bertz CT molecular complexity index is 528. The molecule has 0 heterocycles. The van der Waals surface area contributed by atoms with Crippen molar-refractivity contribution < 1.29 is 9.50 Å². The van der Waals surface area contributed by atoms with Crippen LogP contribution in [0.2, 0.25) is 5.02 Å². The van der Waals surface area contributed by atoms with Crippen molar-refractivity contribution in [2.45, 2.75) is 25.4 Å². The van der Waals surface area contributed by atoms with E-state index in [1.165, 1.54) is 11.6 Å². The molecule has 19 heavy (non-hydrogen) atoms. The van der Waals surface area contributed by atoms with Gasteiger partial charge in [-0.2, -0.15) is 0 Å². The Labute approximate surface area is 117 Å². The fourth-order valence-electron chi connectivity index (χ4n) is 2.08. The molecular formula is C16H16ClFO. The zero-order valence-corrected chi connectivity index (χ0v) is 11.3. The molecule has 1 nitrogen and oxygen atoms in total. The quantitative estimate of drug-likeness (QED) is 0.851. The van der Waals surface area contributed by atoms with Gasteiger partial charge in [0.05, 0.1) is 11.1 Å². The number of aliphatic hydroxyl groups excluding tert-OH is 1. The molecule has 2 aromatic carbocycles. The molecule has 0 aliphatic heterocycles. The van der Waals surface area contributed by atoms with E-state index >= 15 is 0 Å². The van der Waals surface area contributed by atoms with Crippen molar-refractivity contribution in [3.8, 4) is 0 Å².